The van der Waals surface area contributed by atoms with Crippen molar-refractivity contribution in [3.05, 3.63) is 58.7 Å². The van der Waals surface area contributed by atoms with Crippen molar-refractivity contribution in [1.82, 2.24) is 0 Å². The molecular formula is C17H18. The van der Waals surface area contributed by atoms with E-state index in [1.807, 2.05) is 0 Å². The van der Waals surface area contributed by atoms with Crippen molar-refractivity contribution >= 4 is 0 Å². The highest BCUT2D eigenvalue weighted by Crippen LogP contribution is 2.38. The molecule has 0 bridgehead atoms. The maximum atomic E-state index is 2.38. The Kier molecular flexibility index (Phi) is 2.32. The summed E-state index contributed by atoms with van der Waals surface area (Å²) < 4.78 is 0. The maximum absolute atomic E-state index is 2.38. The topological polar surface area (TPSA) is 0 Å². The second-order valence-electron chi connectivity index (χ2n) is 5.41. The average molecular weight is 222 g/mol. The van der Waals surface area contributed by atoms with E-state index in [4.69, 9.17) is 0 Å². The van der Waals surface area contributed by atoms with Crippen molar-refractivity contribution in [2.75, 3.05) is 0 Å². The van der Waals surface area contributed by atoms with Crippen LogP contribution in [0.2, 0.25) is 0 Å². The lowest BCUT2D eigenvalue weighted by atomic mass is 9.96. The van der Waals surface area contributed by atoms with Crippen molar-refractivity contribution in [3.8, 4) is 11.1 Å². The Morgan fingerprint density at radius 2 is 1.53 bits per heavy atom. The zero-order valence-corrected chi connectivity index (χ0v) is 10.7. The Morgan fingerprint density at radius 1 is 0.882 bits per heavy atom. The number of hydrogen-bond acceptors (Lipinski definition) is 0. The molecule has 0 nitrogen and oxygen atoms in total. The number of rotatable bonds is 1. The molecule has 0 aromatic heterocycles. The molecule has 1 aliphatic carbocycles. The lowest BCUT2D eigenvalue weighted by molar-refractivity contribution is 0.866. The fourth-order valence-electron chi connectivity index (χ4n) is 2.66. The third-order valence-electron chi connectivity index (χ3n) is 3.74. The van der Waals surface area contributed by atoms with Gasteiger partial charge >= 0.3 is 0 Å². The van der Waals surface area contributed by atoms with Gasteiger partial charge in [0.1, 0.15) is 0 Å². The monoisotopic (exact) mass is 222 g/mol. The largest absolute Gasteiger partial charge is 0.0590 e. The highest BCUT2D eigenvalue weighted by Gasteiger charge is 2.18. The first-order valence-corrected chi connectivity index (χ1v) is 6.38. The quantitative estimate of drug-likeness (QED) is 0.560. The van der Waals surface area contributed by atoms with Crippen LogP contribution in [0.25, 0.3) is 11.1 Å². The predicted molar refractivity (Wildman–Crippen MR) is 73.5 cm³/mol. The lowest BCUT2D eigenvalue weighted by Gasteiger charge is -2.08. The summed E-state index contributed by atoms with van der Waals surface area (Å²) >= 11 is 0. The molecule has 0 radical (unpaired) electrons. The van der Waals surface area contributed by atoms with E-state index >= 15 is 0 Å². The van der Waals surface area contributed by atoms with Gasteiger partial charge in [-0.25, -0.2) is 0 Å². The molecule has 0 N–H and O–H groups in total. The summed E-state index contributed by atoms with van der Waals surface area (Å²) in [5.41, 5.74) is 8.66. The molecule has 2 aromatic rings. The first kappa shape index (κ1) is 10.6. The van der Waals surface area contributed by atoms with Crippen molar-refractivity contribution in [2.45, 2.75) is 33.1 Å². The van der Waals surface area contributed by atoms with Crippen molar-refractivity contribution < 1.29 is 0 Å². The van der Waals surface area contributed by atoms with Gasteiger partial charge in [-0.1, -0.05) is 55.8 Å². The van der Waals surface area contributed by atoms with E-state index in [2.05, 4.69) is 57.2 Å². The molecule has 0 heteroatoms. The number of hydrogen-bond donors (Lipinski definition) is 0. The fraction of sp³-hybridized carbons (Fsp3) is 0.294. The molecule has 0 aliphatic heterocycles. The molecule has 3 rings (SSSR count). The van der Waals surface area contributed by atoms with Crippen LogP contribution in [0.5, 0.6) is 0 Å². The molecule has 86 valence electrons. The van der Waals surface area contributed by atoms with E-state index in [1.165, 1.54) is 33.4 Å². The minimum absolute atomic E-state index is 0.606. The molecular weight excluding hydrogens is 204 g/mol. The Morgan fingerprint density at radius 3 is 2.24 bits per heavy atom. The summed E-state index contributed by atoms with van der Waals surface area (Å²) in [6.07, 6.45) is 1.10. The van der Waals surface area contributed by atoms with E-state index in [9.17, 15) is 0 Å². The molecule has 0 amide bonds. The molecule has 0 fully saturated rings. The fourth-order valence-corrected chi connectivity index (χ4v) is 2.66. The van der Waals surface area contributed by atoms with Crippen LogP contribution >= 0.6 is 0 Å². The molecule has 0 saturated carbocycles. The zero-order chi connectivity index (χ0) is 12.0. The van der Waals surface area contributed by atoms with Crippen LogP contribution in [0.3, 0.4) is 0 Å². The summed E-state index contributed by atoms with van der Waals surface area (Å²) in [5, 5.41) is 0. The average Bonchev–Trinajstić information content (AvgIpc) is 2.66. The van der Waals surface area contributed by atoms with E-state index < -0.39 is 0 Å². The summed E-state index contributed by atoms with van der Waals surface area (Å²) in [6, 6.07) is 13.8. The van der Waals surface area contributed by atoms with Crippen LogP contribution in [-0.4, -0.2) is 0 Å². The predicted octanol–water partition coefficient (Wildman–Crippen LogP) is 4.69. The first-order valence-electron chi connectivity index (χ1n) is 6.38. The molecule has 0 heterocycles. The van der Waals surface area contributed by atoms with Gasteiger partial charge in [-0.3, -0.25) is 0 Å². The summed E-state index contributed by atoms with van der Waals surface area (Å²) in [6.45, 7) is 6.69. The highest BCUT2D eigenvalue weighted by molar-refractivity contribution is 5.77. The van der Waals surface area contributed by atoms with Crippen LogP contribution < -0.4 is 0 Å². The van der Waals surface area contributed by atoms with Crippen LogP contribution in [-0.2, 0) is 6.42 Å². The van der Waals surface area contributed by atoms with Crippen LogP contribution in [0, 0.1) is 6.92 Å². The minimum atomic E-state index is 0.606. The van der Waals surface area contributed by atoms with Gasteiger partial charge in [0.2, 0.25) is 0 Å². The smallest absolute Gasteiger partial charge is 0.00134 e. The zero-order valence-electron chi connectivity index (χ0n) is 10.7. The molecule has 17 heavy (non-hydrogen) atoms. The Balaban J connectivity index is 2.19. The standard InChI is InChI=1S/C17H18/c1-11(2)13-6-7-15-9-14-5-4-12(3)8-16(14)17(15)10-13/h4-8,10-11H,9H2,1-3H3. The Hall–Kier alpha value is -1.56. The van der Waals surface area contributed by atoms with E-state index in [0.717, 1.165) is 6.42 Å². The molecule has 0 spiro atoms. The van der Waals surface area contributed by atoms with Gasteiger partial charge < -0.3 is 0 Å². The molecule has 0 saturated heterocycles. The van der Waals surface area contributed by atoms with Gasteiger partial charge in [-0.05, 0) is 47.1 Å². The van der Waals surface area contributed by atoms with Gasteiger partial charge in [0.25, 0.3) is 0 Å². The maximum Gasteiger partial charge on any atom is -0.00134 e. The van der Waals surface area contributed by atoms with Crippen LogP contribution in [0.4, 0.5) is 0 Å². The Bertz CT molecular complexity index is 577. The summed E-state index contributed by atoms with van der Waals surface area (Å²) in [4.78, 5) is 0. The van der Waals surface area contributed by atoms with Crippen molar-refractivity contribution in [2.24, 2.45) is 0 Å². The molecule has 1 aliphatic rings. The SMILES string of the molecule is Cc1ccc2c(c1)-c1cc(C(C)C)ccc1C2. The number of benzene rings is 2. The number of fused-ring (bicyclic) bond motifs is 3. The summed E-state index contributed by atoms with van der Waals surface area (Å²) in [5.74, 6) is 0.606. The highest BCUT2D eigenvalue weighted by atomic mass is 14.2. The normalized spacial score (nSPS) is 12.7. The molecule has 0 unspecified atom stereocenters. The van der Waals surface area contributed by atoms with Crippen molar-refractivity contribution in [1.29, 1.82) is 0 Å². The lowest BCUT2D eigenvalue weighted by Crippen LogP contribution is -1.89. The second-order valence-corrected chi connectivity index (χ2v) is 5.41. The van der Waals surface area contributed by atoms with Crippen molar-refractivity contribution in [3.63, 3.8) is 0 Å². The second kappa shape index (κ2) is 3.73. The minimum Gasteiger partial charge on any atom is -0.0590 e. The van der Waals surface area contributed by atoms with Gasteiger partial charge in [-0.15, -0.1) is 0 Å². The van der Waals surface area contributed by atoms with Gasteiger partial charge in [0, 0.05) is 0 Å². The van der Waals surface area contributed by atoms with E-state index in [1.54, 1.807) is 0 Å². The van der Waals surface area contributed by atoms with E-state index in [0.29, 0.717) is 5.92 Å². The van der Waals surface area contributed by atoms with E-state index in [-0.39, 0.29) is 0 Å². The third kappa shape index (κ3) is 1.68. The van der Waals surface area contributed by atoms with Crippen LogP contribution in [0.15, 0.2) is 36.4 Å². The molecule has 2 aromatic carbocycles. The Labute approximate surface area is 103 Å². The number of aryl methyl sites for hydroxylation is 1. The van der Waals surface area contributed by atoms with Gasteiger partial charge in [-0.2, -0.15) is 0 Å². The van der Waals surface area contributed by atoms with Gasteiger partial charge in [0.15, 0.2) is 0 Å². The first-order chi connectivity index (χ1) is 8.15. The molecule has 0 atom stereocenters. The van der Waals surface area contributed by atoms with Crippen LogP contribution in [0.1, 0.15) is 42.0 Å². The third-order valence-corrected chi connectivity index (χ3v) is 3.74. The van der Waals surface area contributed by atoms with Gasteiger partial charge in [0.05, 0.1) is 0 Å². The summed E-state index contributed by atoms with van der Waals surface area (Å²) in [7, 11) is 0.